The van der Waals surface area contributed by atoms with Crippen LogP contribution in [0.15, 0.2) is 41.0 Å². The van der Waals surface area contributed by atoms with E-state index in [4.69, 9.17) is 4.42 Å². The summed E-state index contributed by atoms with van der Waals surface area (Å²) >= 11 is 0. The van der Waals surface area contributed by atoms with Crippen LogP contribution >= 0.6 is 0 Å². The molecule has 7 nitrogen and oxygen atoms in total. The zero-order chi connectivity index (χ0) is 23.2. The molecule has 1 aliphatic carbocycles. The summed E-state index contributed by atoms with van der Waals surface area (Å²) in [7, 11) is 0. The molecule has 0 bridgehead atoms. The second kappa shape index (κ2) is 8.32. The number of urea groups is 1. The minimum Gasteiger partial charge on any atom is -0.469 e. The van der Waals surface area contributed by atoms with Crippen LogP contribution in [0.1, 0.15) is 47.4 Å². The van der Waals surface area contributed by atoms with Gasteiger partial charge in [-0.15, -0.1) is 0 Å². The van der Waals surface area contributed by atoms with Crippen LogP contribution in [-0.2, 0) is 11.2 Å². The number of carbonyl (C=O) groups is 3. The number of benzene rings is 1. The Bertz CT molecular complexity index is 1070. The third-order valence-electron chi connectivity index (χ3n) is 7.30. The van der Waals surface area contributed by atoms with Gasteiger partial charge in [0.1, 0.15) is 17.1 Å². The molecule has 8 heteroatoms. The summed E-state index contributed by atoms with van der Waals surface area (Å²) in [6.07, 6.45) is 5.07. The van der Waals surface area contributed by atoms with Gasteiger partial charge in [0.15, 0.2) is 0 Å². The summed E-state index contributed by atoms with van der Waals surface area (Å²) in [4.78, 5) is 42.6. The fourth-order valence-electron chi connectivity index (χ4n) is 5.19. The number of amides is 4. The van der Waals surface area contributed by atoms with Crippen molar-refractivity contribution in [2.24, 2.45) is 11.8 Å². The zero-order valence-corrected chi connectivity index (χ0v) is 18.7. The van der Waals surface area contributed by atoms with E-state index < -0.39 is 5.54 Å². The van der Waals surface area contributed by atoms with Crippen LogP contribution in [0.2, 0.25) is 0 Å². The van der Waals surface area contributed by atoms with E-state index in [2.05, 4.69) is 5.32 Å². The number of carbonyl (C=O) groups excluding carboxylic acids is 3. The third-order valence-corrected chi connectivity index (χ3v) is 7.30. The molecule has 2 aromatic rings. The van der Waals surface area contributed by atoms with E-state index >= 15 is 0 Å². The van der Waals surface area contributed by atoms with Crippen LogP contribution in [-0.4, -0.2) is 52.8 Å². The van der Waals surface area contributed by atoms with Crippen LogP contribution in [0.25, 0.3) is 0 Å². The van der Waals surface area contributed by atoms with Crippen molar-refractivity contribution in [1.82, 2.24) is 15.1 Å². The van der Waals surface area contributed by atoms with Crippen LogP contribution in [0.3, 0.4) is 0 Å². The molecule has 1 atom stereocenters. The topological polar surface area (TPSA) is 82.9 Å². The molecule has 1 saturated carbocycles. The summed E-state index contributed by atoms with van der Waals surface area (Å²) in [5, 5.41) is 3.04. The number of rotatable bonds is 6. The molecule has 1 aromatic heterocycles. The highest BCUT2D eigenvalue weighted by Crippen LogP contribution is 2.39. The number of halogens is 1. The molecule has 3 fully saturated rings. The number of hydrogen-bond acceptors (Lipinski definition) is 4. The SMILES string of the molecule is Cc1occc1C(=O)N1CCC([C@@]2(Cc3ccc(F)cc3)NC(=O)N(CC3CC3)C2=O)CC1. The molecule has 33 heavy (non-hydrogen) atoms. The highest BCUT2D eigenvalue weighted by atomic mass is 19.1. The van der Waals surface area contributed by atoms with E-state index in [-0.39, 0.29) is 29.6 Å². The minimum atomic E-state index is -1.08. The number of likely N-dealkylation sites (tertiary alicyclic amines) is 1. The molecule has 2 saturated heterocycles. The summed E-state index contributed by atoms with van der Waals surface area (Å²) in [5.74, 6) is 0.232. The lowest BCUT2D eigenvalue weighted by atomic mass is 9.73. The van der Waals surface area contributed by atoms with Crippen molar-refractivity contribution in [3.63, 3.8) is 0 Å². The first-order valence-corrected chi connectivity index (χ1v) is 11.6. The third kappa shape index (κ3) is 4.03. The second-order valence-electron chi connectivity index (χ2n) is 9.52. The molecule has 3 aliphatic rings. The molecule has 4 amide bonds. The maximum absolute atomic E-state index is 13.7. The molecule has 5 rings (SSSR count). The minimum absolute atomic E-state index is 0.0792. The lowest BCUT2D eigenvalue weighted by molar-refractivity contribution is -0.134. The van der Waals surface area contributed by atoms with Crippen LogP contribution < -0.4 is 5.32 Å². The van der Waals surface area contributed by atoms with Gasteiger partial charge in [0.05, 0.1) is 11.8 Å². The maximum Gasteiger partial charge on any atom is 0.325 e. The summed E-state index contributed by atoms with van der Waals surface area (Å²) in [5.41, 5.74) is 0.269. The summed E-state index contributed by atoms with van der Waals surface area (Å²) in [6.45, 7) is 3.20. The van der Waals surface area contributed by atoms with E-state index in [0.29, 0.717) is 56.1 Å². The number of piperidine rings is 1. The van der Waals surface area contributed by atoms with Crippen molar-refractivity contribution in [3.8, 4) is 0 Å². The lowest BCUT2D eigenvalue weighted by Crippen LogP contribution is -2.58. The molecule has 3 heterocycles. The first-order valence-electron chi connectivity index (χ1n) is 11.6. The van der Waals surface area contributed by atoms with Crippen LogP contribution in [0, 0.1) is 24.6 Å². The summed E-state index contributed by atoms with van der Waals surface area (Å²) in [6, 6.07) is 7.42. The van der Waals surface area contributed by atoms with Gasteiger partial charge < -0.3 is 14.6 Å². The molecule has 2 aliphatic heterocycles. The van der Waals surface area contributed by atoms with Gasteiger partial charge in [0.2, 0.25) is 0 Å². The predicted octanol–water partition coefficient (Wildman–Crippen LogP) is 3.52. The largest absolute Gasteiger partial charge is 0.469 e. The Balaban J connectivity index is 1.37. The van der Waals surface area contributed by atoms with Gasteiger partial charge in [-0.25, -0.2) is 9.18 Å². The first-order chi connectivity index (χ1) is 15.9. The van der Waals surface area contributed by atoms with Gasteiger partial charge in [-0.2, -0.15) is 0 Å². The molecule has 0 spiro atoms. The highest BCUT2D eigenvalue weighted by molar-refractivity contribution is 6.07. The number of imide groups is 1. The van der Waals surface area contributed by atoms with Crippen LogP contribution in [0.4, 0.5) is 9.18 Å². The van der Waals surface area contributed by atoms with E-state index in [1.54, 1.807) is 30.0 Å². The number of nitrogens with one attached hydrogen (secondary N) is 1. The second-order valence-corrected chi connectivity index (χ2v) is 9.52. The number of aryl methyl sites for hydroxylation is 1. The Morgan fingerprint density at radius 1 is 1.12 bits per heavy atom. The quantitative estimate of drug-likeness (QED) is 0.679. The fourth-order valence-corrected chi connectivity index (χ4v) is 5.19. The molecule has 174 valence electrons. The average molecular weight is 454 g/mol. The van der Waals surface area contributed by atoms with E-state index in [0.717, 1.165) is 18.4 Å². The molecule has 1 N–H and O–H groups in total. The monoisotopic (exact) mass is 453 g/mol. The predicted molar refractivity (Wildman–Crippen MR) is 118 cm³/mol. The van der Waals surface area contributed by atoms with Gasteiger partial charge in [-0.1, -0.05) is 12.1 Å². The Morgan fingerprint density at radius 2 is 1.82 bits per heavy atom. The lowest BCUT2D eigenvalue weighted by Gasteiger charge is -2.41. The Hall–Kier alpha value is -3.16. The smallest absolute Gasteiger partial charge is 0.325 e. The van der Waals surface area contributed by atoms with Gasteiger partial charge in [-0.3, -0.25) is 14.5 Å². The van der Waals surface area contributed by atoms with Crippen molar-refractivity contribution in [2.45, 2.75) is 44.6 Å². The molecule has 0 unspecified atom stereocenters. The highest BCUT2D eigenvalue weighted by Gasteiger charge is 2.56. The van der Waals surface area contributed by atoms with E-state index in [1.807, 2.05) is 0 Å². The standard InChI is InChI=1S/C25H28FN3O4/c1-16-21(10-13-33-16)22(30)28-11-8-19(9-12-28)25(14-17-4-6-20(26)7-5-17)23(31)29(24(32)27-25)15-18-2-3-18/h4-7,10,13,18-19H,2-3,8-9,11-12,14-15H2,1H3,(H,27,32)/t25-/m1/s1. The number of hydrogen-bond donors (Lipinski definition) is 1. The molecule has 0 radical (unpaired) electrons. The number of nitrogens with zero attached hydrogens (tertiary/aromatic N) is 2. The number of furan rings is 1. The van der Waals surface area contributed by atoms with Crippen molar-refractivity contribution in [3.05, 3.63) is 59.3 Å². The average Bonchev–Trinajstić information content (AvgIpc) is 3.49. The van der Waals surface area contributed by atoms with Gasteiger partial charge in [0.25, 0.3) is 11.8 Å². The van der Waals surface area contributed by atoms with Crippen LogP contribution in [0.5, 0.6) is 0 Å². The molecule has 1 aromatic carbocycles. The molecular weight excluding hydrogens is 425 g/mol. The van der Waals surface area contributed by atoms with Gasteiger partial charge >= 0.3 is 6.03 Å². The fraction of sp³-hybridized carbons (Fsp3) is 0.480. The zero-order valence-electron chi connectivity index (χ0n) is 18.7. The summed E-state index contributed by atoms with van der Waals surface area (Å²) < 4.78 is 18.7. The van der Waals surface area contributed by atoms with Gasteiger partial charge in [0, 0.05) is 26.1 Å². The van der Waals surface area contributed by atoms with E-state index in [9.17, 15) is 18.8 Å². The van der Waals surface area contributed by atoms with Crippen molar-refractivity contribution >= 4 is 17.8 Å². The van der Waals surface area contributed by atoms with Crippen molar-refractivity contribution < 1.29 is 23.2 Å². The van der Waals surface area contributed by atoms with Crippen molar-refractivity contribution in [1.29, 1.82) is 0 Å². The van der Waals surface area contributed by atoms with Gasteiger partial charge in [-0.05, 0) is 68.2 Å². The first kappa shape index (κ1) is 21.7. The Labute approximate surface area is 191 Å². The Kier molecular flexibility index (Phi) is 5.46. The normalized spacial score (nSPS) is 23.8. The van der Waals surface area contributed by atoms with Crippen molar-refractivity contribution in [2.75, 3.05) is 19.6 Å². The molecular formula is C25H28FN3O4. The Morgan fingerprint density at radius 3 is 2.42 bits per heavy atom. The maximum atomic E-state index is 13.7. The van der Waals surface area contributed by atoms with E-state index in [1.165, 1.54) is 23.3 Å².